The highest BCUT2D eigenvalue weighted by molar-refractivity contribution is 6.10. The molecule has 11 rings (SSSR count). The highest BCUT2D eigenvalue weighted by Crippen LogP contribution is 2.39. The number of hydrogen-bond donors (Lipinski definition) is 0. The van der Waals surface area contributed by atoms with Crippen LogP contribution in [0, 0.1) is 20.7 Å². The number of aromatic nitrogens is 6. The number of rotatable bonds is 9. The summed E-state index contributed by atoms with van der Waals surface area (Å²) in [4.78, 5) is 19.0. The number of aryl methyl sites for hydroxylation is 3. The summed E-state index contributed by atoms with van der Waals surface area (Å²) < 4.78 is 49.0. The summed E-state index contributed by atoms with van der Waals surface area (Å²) in [6.07, 6.45) is 3.63. The zero-order valence-corrected chi connectivity index (χ0v) is 34.6. The molecule has 304 valence electrons. The maximum atomic E-state index is 8.62. The van der Waals surface area contributed by atoms with E-state index in [4.69, 9.17) is 38.3 Å². The molecule has 0 aliphatic carbocycles. The molecule has 6 aromatic carbocycles. The normalized spacial score (nSPS) is 12.4. The van der Waals surface area contributed by atoms with Crippen LogP contribution in [0.25, 0.3) is 77.8 Å². The number of ether oxygens (including phenoxy) is 3. The average Bonchev–Trinajstić information content (AvgIpc) is 3.83. The molecule has 0 saturated heterocycles. The summed E-state index contributed by atoms with van der Waals surface area (Å²) in [5.74, 6) is 3.99. The van der Waals surface area contributed by atoms with Gasteiger partial charge in [0.15, 0.2) is 0 Å². The fraction of sp³-hybridized carbons (Fsp3) is 0.0741. The van der Waals surface area contributed by atoms with Crippen LogP contribution in [0.2, 0.25) is 0 Å². The lowest BCUT2D eigenvalue weighted by Crippen LogP contribution is -2.01. The molecule has 0 spiro atoms. The van der Waals surface area contributed by atoms with Crippen molar-refractivity contribution in [1.82, 2.24) is 29.1 Å². The number of benzene rings is 6. The third-order valence-corrected chi connectivity index (χ3v) is 11.3. The van der Waals surface area contributed by atoms with Crippen LogP contribution < -0.4 is 14.2 Å². The summed E-state index contributed by atoms with van der Waals surface area (Å²) in [6, 6.07) is 51.0. The van der Waals surface area contributed by atoms with Crippen LogP contribution in [0.5, 0.6) is 28.9 Å². The van der Waals surface area contributed by atoms with Crippen molar-refractivity contribution in [3.8, 4) is 63.0 Å². The third kappa shape index (κ3) is 6.76. The molecule has 0 radical (unpaired) electrons. The van der Waals surface area contributed by atoms with Crippen LogP contribution in [0.3, 0.4) is 0 Å². The van der Waals surface area contributed by atoms with Gasteiger partial charge in [0.25, 0.3) is 0 Å². The Bertz CT molecular complexity index is 3690. The Hall–Kier alpha value is -8.30. The van der Waals surface area contributed by atoms with Crippen LogP contribution in [0.4, 0.5) is 0 Å². The third-order valence-electron chi connectivity index (χ3n) is 11.3. The second-order valence-electron chi connectivity index (χ2n) is 15.5. The fourth-order valence-corrected chi connectivity index (χ4v) is 8.44. The summed E-state index contributed by atoms with van der Waals surface area (Å²) in [5.41, 5.74) is 7.47. The Balaban J connectivity index is 0.931. The molecule has 0 atom stereocenters. The minimum absolute atomic E-state index is 0.154. The van der Waals surface area contributed by atoms with Crippen molar-refractivity contribution >= 4 is 43.6 Å². The molecule has 5 heterocycles. The van der Waals surface area contributed by atoms with Crippen molar-refractivity contribution in [2.24, 2.45) is 0 Å². The fourth-order valence-electron chi connectivity index (χ4n) is 8.44. The van der Waals surface area contributed by atoms with Gasteiger partial charge in [-0.3, -0.25) is 9.13 Å². The smallest absolute Gasteiger partial charge is 0.240 e. The zero-order valence-electron chi connectivity index (χ0n) is 37.6. The molecule has 5 aromatic heterocycles. The molecule has 9 heteroatoms. The van der Waals surface area contributed by atoms with E-state index in [2.05, 4.69) is 58.5 Å². The number of para-hydroxylation sites is 2. The van der Waals surface area contributed by atoms with E-state index in [0.29, 0.717) is 34.1 Å². The highest BCUT2D eigenvalue weighted by Gasteiger charge is 2.19. The Labute approximate surface area is 367 Å². The van der Waals surface area contributed by atoms with Crippen LogP contribution in [-0.2, 0) is 0 Å². The number of pyridine rings is 2. The molecule has 0 saturated carbocycles. The van der Waals surface area contributed by atoms with E-state index in [1.807, 2.05) is 110 Å². The van der Waals surface area contributed by atoms with E-state index in [9.17, 15) is 0 Å². The molecule has 63 heavy (non-hydrogen) atoms. The second kappa shape index (κ2) is 15.3. The minimum atomic E-state index is -2.63. The molecule has 9 nitrogen and oxygen atoms in total. The Morgan fingerprint density at radius 2 is 0.952 bits per heavy atom. The van der Waals surface area contributed by atoms with Crippen molar-refractivity contribution in [3.05, 3.63) is 187 Å². The van der Waals surface area contributed by atoms with E-state index < -0.39 is 6.85 Å². The molecule has 0 N–H and O–H groups in total. The molecular weight excluding hydrogens is 781 g/mol. The zero-order chi connectivity index (χ0) is 45.1. The number of nitrogens with zero attached hydrogens (tertiary/aromatic N) is 6. The quantitative estimate of drug-likeness (QED) is 0.143. The molecule has 0 aliphatic heterocycles. The average molecular weight is 824 g/mol. The van der Waals surface area contributed by atoms with E-state index in [-0.39, 0.29) is 23.0 Å². The molecule has 11 aromatic rings. The predicted molar refractivity (Wildman–Crippen MR) is 251 cm³/mol. The number of methoxy groups -OCH3 is 1. The lowest BCUT2D eigenvalue weighted by atomic mass is 10.1. The van der Waals surface area contributed by atoms with E-state index in [1.54, 1.807) is 24.3 Å². The van der Waals surface area contributed by atoms with Crippen molar-refractivity contribution in [2.75, 3.05) is 7.11 Å². The lowest BCUT2D eigenvalue weighted by Gasteiger charge is -2.14. The Morgan fingerprint density at radius 1 is 0.460 bits per heavy atom. The van der Waals surface area contributed by atoms with E-state index in [1.165, 1.54) is 7.11 Å². The topological polar surface area (TPSA) is 89.1 Å². The molecule has 0 amide bonds. The van der Waals surface area contributed by atoms with Crippen molar-refractivity contribution in [1.29, 1.82) is 0 Å². The van der Waals surface area contributed by atoms with Gasteiger partial charge in [0.2, 0.25) is 5.88 Å². The van der Waals surface area contributed by atoms with Crippen LogP contribution >= 0.6 is 0 Å². The molecule has 0 unspecified atom stereocenters. The summed E-state index contributed by atoms with van der Waals surface area (Å²) in [5, 5.41) is 4.35. The van der Waals surface area contributed by atoms with Crippen molar-refractivity contribution < 1.29 is 18.3 Å². The maximum absolute atomic E-state index is 8.62. The van der Waals surface area contributed by atoms with Gasteiger partial charge >= 0.3 is 0 Å². The van der Waals surface area contributed by atoms with Gasteiger partial charge in [0, 0.05) is 61.3 Å². The van der Waals surface area contributed by atoms with Crippen LogP contribution in [0.15, 0.2) is 170 Å². The monoisotopic (exact) mass is 823 g/mol. The van der Waals surface area contributed by atoms with Gasteiger partial charge in [0.1, 0.15) is 40.3 Å². The Kier molecular flexibility index (Phi) is 8.36. The predicted octanol–water partition coefficient (Wildman–Crippen LogP) is 13.3. The highest BCUT2D eigenvalue weighted by atomic mass is 16.5. The van der Waals surface area contributed by atoms with Crippen molar-refractivity contribution in [3.63, 3.8) is 0 Å². The van der Waals surface area contributed by atoms with Gasteiger partial charge in [-0.15, -0.1) is 0 Å². The van der Waals surface area contributed by atoms with Crippen LogP contribution in [-0.4, -0.2) is 36.2 Å². The summed E-state index contributed by atoms with van der Waals surface area (Å²) >= 11 is 0. The molecule has 0 bridgehead atoms. The van der Waals surface area contributed by atoms with Gasteiger partial charge in [0.05, 0.1) is 40.6 Å². The number of fused-ring (bicyclic) bond motifs is 6. The first-order valence-electron chi connectivity index (χ1n) is 22.1. The van der Waals surface area contributed by atoms with E-state index in [0.717, 1.165) is 66.4 Å². The standard InChI is InChI=1S/C54H40N6O3/c1-33-23-25-55-50(27-33)59-46-17-7-5-15-42(46)44-21-19-40(31-48(44)59)62-38-13-9-11-36(29-38)52-35(3)57-53(54(58-52)61-4)37-12-10-14-39(30-37)63-41-20-22-45-43-16-6-8-18-47(43)60(49(45)32-41)51-28-34(2)24-26-56-51/h5-32H,1-4H3/i3D3. The first kappa shape index (κ1) is 34.4. The van der Waals surface area contributed by atoms with Gasteiger partial charge in [-0.1, -0.05) is 60.7 Å². The largest absolute Gasteiger partial charge is 0.479 e. The van der Waals surface area contributed by atoms with Crippen LogP contribution in [0.1, 0.15) is 20.9 Å². The van der Waals surface area contributed by atoms with E-state index >= 15 is 0 Å². The maximum Gasteiger partial charge on any atom is 0.240 e. The lowest BCUT2D eigenvalue weighted by molar-refractivity contribution is 0.398. The molecule has 0 fully saturated rings. The molecule has 0 aliphatic rings. The van der Waals surface area contributed by atoms with Gasteiger partial charge in [-0.25, -0.2) is 19.9 Å². The summed E-state index contributed by atoms with van der Waals surface area (Å²) in [6.45, 7) is 1.47. The second-order valence-corrected chi connectivity index (χ2v) is 15.5. The first-order chi connectivity index (χ1) is 32.1. The SMILES string of the molecule is [2H]C([2H])([2H])c1nc(-c2cccc(Oc3ccc4c5ccccc5n(-c5cc(C)ccn5)c4c3)c2)c(OC)nc1-c1cccc(Oc2ccc3c4ccccc4n(-c4cc(C)ccn4)c3c2)c1. The first-order valence-corrected chi connectivity index (χ1v) is 20.6. The van der Waals surface area contributed by atoms with Crippen molar-refractivity contribution in [2.45, 2.75) is 20.7 Å². The Morgan fingerprint density at radius 3 is 1.46 bits per heavy atom. The van der Waals surface area contributed by atoms with Gasteiger partial charge in [-0.05, 0) is 117 Å². The number of hydrogen-bond acceptors (Lipinski definition) is 7. The van der Waals surface area contributed by atoms with Gasteiger partial charge in [-0.2, -0.15) is 0 Å². The molecular formula is C54H40N6O3. The summed E-state index contributed by atoms with van der Waals surface area (Å²) in [7, 11) is 1.49. The van der Waals surface area contributed by atoms with Gasteiger partial charge < -0.3 is 14.2 Å². The minimum Gasteiger partial charge on any atom is -0.479 e.